The van der Waals surface area contributed by atoms with Crippen molar-refractivity contribution >= 4 is 40.2 Å². The van der Waals surface area contributed by atoms with Crippen LogP contribution in [-0.4, -0.2) is 28.8 Å². The molecule has 0 unspecified atom stereocenters. The molecule has 0 aliphatic carbocycles. The molecule has 0 radical (unpaired) electrons. The number of fused-ring (bicyclic) bond motifs is 1. The summed E-state index contributed by atoms with van der Waals surface area (Å²) in [5.74, 6) is 0.583. The molecule has 0 saturated carbocycles. The van der Waals surface area contributed by atoms with Gasteiger partial charge in [0.2, 0.25) is 0 Å². The first kappa shape index (κ1) is 18.5. The van der Waals surface area contributed by atoms with Crippen molar-refractivity contribution in [2.75, 3.05) is 12.9 Å². The van der Waals surface area contributed by atoms with Crippen LogP contribution in [0.1, 0.15) is 5.69 Å². The predicted molar refractivity (Wildman–Crippen MR) is 109 cm³/mol. The van der Waals surface area contributed by atoms with Crippen LogP contribution < -0.4 is 4.74 Å². The lowest BCUT2D eigenvalue weighted by Gasteiger charge is -2.02. The maximum atomic E-state index is 12.0. The summed E-state index contributed by atoms with van der Waals surface area (Å²) in [7, 11) is 1.63. The number of ether oxygens (including phenoxy) is 2. The lowest BCUT2D eigenvalue weighted by atomic mass is 10.2. The lowest BCUT2D eigenvalue weighted by molar-refractivity contribution is -0.141. The van der Waals surface area contributed by atoms with Crippen LogP contribution in [0.5, 0.6) is 5.75 Å². The maximum absolute atomic E-state index is 12.0. The average molecular weight is 412 g/mol. The SMILES string of the molecule is COc1ccc(-c2nc(COC(=O)CSc3nc4ccccc4o3)cs2)cc1. The summed E-state index contributed by atoms with van der Waals surface area (Å²) >= 11 is 2.72. The van der Waals surface area contributed by atoms with E-state index in [4.69, 9.17) is 13.9 Å². The standard InChI is InChI=1S/C20H16N2O4S2/c1-24-15-8-6-13(7-9-15)19-21-14(11-27-19)10-25-18(23)12-28-20-22-16-4-2-3-5-17(16)26-20/h2-9,11H,10,12H2,1H3. The smallest absolute Gasteiger partial charge is 0.316 e. The lowest BCUT2D eigenvalue weighted by Crippen LogP contribution is -2.07. The van der Waals surface area contributed by atoms with E-state index in [0.717, 1.165) is 27.5 Å². The molecule has 0 aliphatic heterocycles. The van der Waals surface area contributed by atoms with Gasteiger partial charge in [0.15, 0.2) is 5.58 Å². The Kier molecular flexibility index (Phi) is 5.59. The molecule has 0 amide bonds. The van der Waals surface area contributed by atoms with Gasteiger partial charge in [0.1, 0.15) is 28.6 Å². The molecule has 6 nitrogen and oxygen atoms in total. The first-order chi connectivity index (χ1) is 13.7. The van der Waals surface area contributed by atoms with Crippen LogP contribution in [0.2, 0.25) is 0 Å². The van der Waals surface area contributed by atoms with Crippen molar-refractivity contribution in [1.29, 1.82) is 0 Å². The van der Waals surface area contributed by atoms with Gasteiger partial charge in [-0.05, 0) is 36.4 Å². The number of oxazole rings is 1. The molecule has 0 spiro atoms. The summed E-state index contributed by atoms with van der Waals surface area (Å²) in [6.07, 6.45) is 0. The number of rotatable bonds is 7. The molecular formula is C20H16N2O4S2. The third-order valence-electron chi connectivity index (χ3n) is 3.86. The molecule has 0 fully saturated rings. The second-order valence-electron chi connectivity index (χ2n) is 5.77. The van der Waals surface area contributed by atoms with Crippen LogP contribution in [0.4, 0.5) is 0 Å². The zero-order valence-electron chi connectivity index (χ0n) is 15.0. The van der Waals surface area contributed by atoms with Crippen LogP contribution in [0.15, 0.2) is 63.6 Å². The molecule has 2 aromatic heterocycles. The van der Waals surface area contributed by atoms with E-state index in [1.54, 1.807) is 7.11 Å². The molecule has 4 aromatic rings. The van der Waals surface area contributed by atoms with E-state index in [1.807, 2.05) is 53.9 Å². The van der Waals surface area contributed by atoms with E-state index in [-0.39, 0.29) is 18.3 Å². The molecule has 0 atom stereocenters. The van der Waals surface area contributed by atoms with Gasteiger partial charge in [-0.2, -0.15) is 0 Å². The minimum absolute atomic E-state index is 0.127. The summed E-state index contributed by atoms with van der Waals surface area (Å²) in [5, 5.41) is 3.21. The van der Waals surface area contributed by atoms with Crippen LogP contribution in [0, 0.1) is 0 Å². The monoisotopic (exact) mass is 412 g/mol. The Balaban J connectivity index is 1.29. The number of carbonyl (C=O) groups is 1. The maximum Gasteiger partial charge on any atom is 0.316 e. The zero-order valence-corrected chi connectivity index (χ0v) is 16.6. The fourth-order valence-electron chi connectivity index (χ4n) is 2.47. The van der Waals surface area contributed by atoms with Gasteiger partial charge >= 0.3 is 5.97 Å². The Morgan fingerprint density at radius 1 is 1.14 bits per heavy atom. The van der Waals surface area contributed by atoms with Gasteiger partial charge in [0, 0.05) is 10.9 Å². The number of nitrogens with zero attached hydrogens (tertiary/aromatic N) is 2. The minimum atomic E-state index is -0.341. The summed E-state index contributed by atoms with van der Waals surface area (Å²) in [6.45, 7) is 0.138. The molecule has 28 heavy (non-hydrogen) atoms. The molecule has 8 heteroatoms. The second-order valence-corrected chi connectivity index (χ2v) is 7.55. The molecule has 0 aliphatic rings. The number of methoxy groups -OCH3 is 1. The van der Waals surface area contributed by atoms with Gasteiger partial charge in [-0.1, -0.05) is 23.9 Å². The van der Waals surface area contributed by atoms with Gasteiger partial charge in [0.25, 0.3) is 5.22 Å². The highest BCUT2D eigenvalue weighted by atomic mass is 32.2. The van der Waals surface area contributed by atoms with Gasteiger partial charge in [-0.15, -0.1) is 11.3 Å². The number of carbonyl (C=O) groups excluding carboxylic acids is 1. The van der Waals surface area contributed by atoms with Crippen LogP contribution in [0.3, 0.4) is 0 Å². The number of hydrogen-bond acceptors (Lipinski definition) is 8. The second kappa shape index (κ2) is 8.45. The summed E-state index contributed by atoms with van der Waals surface area (Å²) in [4.78, 5) is 20.8. The third-order valence-corrected chi connectivity index (χ3v) is 5.60. The van der Waals surface area contributed by atoms with Gasteiger partial charge in [-0.25, -0.2) is 9.97 Å². The van der Waals surface area contributed by atoms with Crippen molar-refractivity contribution < 1.29 is 18.7 Å². The van der Waals surface area contributed by atoms with E-state index < -0.39 is 0 Å². The quantitative estimate of drug-likeness (QED) is 0.319. The summed E-state index contributed by atoms with van der Waals surface area (Å²) in [6, 6.07) is 15.2. The topological polar surface area (TPSA) is 74.5 Å². The van der Waals surface area contributed by atoms with Gasteiger partial charge in [-0.3, -0.25) is 4.79 Å². The third kappa shape index (κ3) is 4.35. The fourth-order valence-corrected chi connectivity index (χ4v) is 3.92. The number of benzene rings is 2. The van der Waals surface area contributed by atoms with E-state index in [1.165, 1.54) is 23.1 Å². The van der Waals surface area contributed by atoms with E-state index in [0.29, 0.717) is 10.8 Å². The number of hydrogen-bond donors (Lipinski definition) is 0. The Labute approximate surface area is 169 Å². The van der Waals surface area contributed by atoms with Crippen molar-refractivity contribution in [3.05, 3.63) is 59.6 Å². The molecular weight excluding hydrogens is 396 g/mol. The zero-order chi connectivity index (χ0) is 19.3. The Bertz CT molecular complexity index is 1060. The number of esters is 1. The molecule has 142 valence electrons. The number of thioether (sulfide) groups is 1. The van der Waals surface area contributed by atoms with Crippen molar-refractivity contribution in [3.63, 3.8) is 0 Å². The van der Waals surface area contributed by atoms with Crippen molar-refractivity contribution in [3.8, 4) is 16.3 Å². The Morgan fingerprint density at radius 2 is 1.96 bits per heavy atom. The number of aromatic nitrogens is 2. The molecule has 2 aromatic carbocycles. The number of para-hydroxylation sites is 2. The van der Waals surface area contributed by atoms with E-state index in [9.17, 15) is 4.79 Å². The highest BCUT2D eigenvalue weighted by molar-refractivity contribution is 7.99. The number of thiazole rings is 1. The van der Waals surface area contributed by atoms with Crippen molar-refractivity contribution in [1.82, 2.24) is 9.97 Å². The highest BCUT2D eigenvalue weighted by Crippen LogP contribution is 2.26. The summed E-state index contributed by atoms with van der Waals surface area (Å²) < 4.78 is 16.0. The van der Waals surface area contributed by atoms with Crippen LogP contribution in [-0.2, 0) is 16.1 Å². The minimum Gasteiger partial charge on any atom is -0.497 e. The molecule has 4 rings (SSSR count). The Morgan fingerprint density at radius 3 is 2.75 bits per heavy atom. The first-order valence-corrected chi connectivity index (χ1v) is 10.3. The van der Waals surface area contributed by atoms with Crippen molar-refractivity contribution in [2.45, 2.75) is 11.8 Å². The van der Waals surface area contributed by atoms with Gasteiger partial charge in [0.05, 0.1) is 12.8 Å². The van der Waals surface area contributed by atoms with E-state index in [2.05, 4.69) is 9.97 Å². The molecule has 0 bridgehead atoms. The van der Waals surface area contributed by atoms with Crippen LogP contribution >= 0.6 is 23.1 Å². The van der Waals surface area contributed by atoms with Gasteiger partial charge < -0.3 is 13.9 Å². The average Bonchev–Trinajstić information content (AvgIpc) is 3.37. The Hall–Kier alpha value is -2.84. The van der Waals surface area contributed by atoms with Crippen molar-refractivity contribution in [2.24, 2.45) is 0 Å². The largest absolute Gasteiger partial charge is 0.497 e. The molecule has 2 heterocycles. The predicted octanol–water partition coefficient (Wildman–Crippen LogP) is 4.80. The molecule has 0 N–H and O–H groups in total. The van der Waals surface area contributed by atoms with Crippen LogP contribution in [0.25, 0.3) is 21.7 Å². The fraction of sp³-hybridized carbons (Fsp3) is 0.150. The normalized spacial score (nSPS) is 10.9. The first-order valence-electron chi connectivity index (χ1n) is 8.44. The summed E-state index contributed by atoms with van der Waals surface area (Å²) in [5.41, 5.74) is 3.18. The highest BCUT2D eigenvalue weighted by Gasteiger charge is 2.11. The van der Waals surface area contributed by atoms with E-state index >= 15 is 0 Å². The molecule has 0 saturated heterocycles.